The van der Waals surface area contributed by atoms with Gasteiger partial charge < -0.3 is 14.4 Å². The Morgan fingerprint density at radius 1 is 0.926 bits per heavy atom. The zero-order valence-electron chi connectivity index (χ0n) is 15.4. The minimum absolute atomic E-state index is 0.157. The first-order valence-electron chi connectivity index (χ1n) is 9.43. The summed E-state index contributed by atoms with van der Waals surface area (Å²) in [5, 5.41) is 0. The van der Waals surface area contributed by atoms with Crippen LogP contribution in [0.1, 0.15) is 19.8 Å². The Morgan fingerprint density at radius 3 is 2.11 bits per heavy atom. The molecular formula is C18H25N3O5S. The highest BCUT2D eigenvalue weighted by molar-refractivity contribution is 7.86. The molecule has 0 bridgehead atoms. The molecule has 2 saturated heterocycles. The number of hydrogen-bond donors (Lipinski definition) is 0. The summed E-state index contributed by atoms with van der Waals surface area (Å²) in [6.45, 7) is 4.33. The summed E-state index contributed by atoms with van der Waals surface area (Å²) in [5.41, 5.74) is 0. The zero-order chi connectivity index (χ0) is 19.0. The van der Waals surface area contributed by atoms with Crippen LogP contribution < -0.4 is 9.47 Å². The van der Waals surface area contributed by atoms with Gasteiger partial charge in [-0.05, 0) is 31.9 Å². The number of ether oxygens (including phenoxy) is 2. The molecule has 1 aromatic carbocycles. The fourth-order valence-corrected chi connectivity index (χ4v) is 5.46. The van der Waals surface area contributed by atoms with E-state index in [0.29, 0.717) is 50.8 Å². The van der Waals surface area contributed by atoms with E-state index in [2.05, 4.69) is 0 Å². The maximum atomic E-state index is 12.9. The largest absolute Gasteiger partial charge is 0.482 e. The molecule has 0 spiro atoms. The van der Waals surface area contributed by atoms with Crippen LogP contribution in [0.25, 0.3) is 0 Å². The normalized spacial score (nSPS) is 26.9. The lowest BCUT2D eigenvalue weighted by Crippen LogP contribution is -2.58. The lowest BCUT2D eigenvalue weighted by atomic mass is 10.1. The Balaban J connectivity index is 1.39. The van der Waals surface area contributed by atoms with E-state index in [1.165, 1.54) is 4.31 Å². The van der Waals surface area contributed by atoms with Crippen molar-refractivity contribution in [3.63, 3.8) is 0 Å². The van der Waals surface area contributed by atoms with Crippen LogP contribution in [0.4, 0.5) is 0 Å². The van der Waals surface area contributed by atoms with Gasteiger partial charge in [-0.3, -0.25) is 4.79 Å². The predicted molar refractivity (Wildman–Crippen MR) is 98.8 cm³/mol. The molecule has 148 valence electrons. The van der Waals surface area contributed by atoms with Gasteiger partial charge in [0.15, 0.2) is 11.5 Å². The van der Waals surface area contributed by atoms with Crippen molar-refractivity contribution >= 4 is 16.1 Å². The fourth-order valence-electron chi connectivity index (χ4n) is 3.79. The summed E-state index contributed by atoms with van der Waals surface area (Å²) < 4.78 is 40.0. The summed E-state index contributed by atoms with van der Waals surface area (Å²) in [6.07, 6.45) is 0.701. The number of nitrogens with zero attached hydrogens (tertiary/aromatic N) is 3. The molecule has 3 aliphatic heterocycles. The average molecular weight is 395 g/mol. The second-order valence-electron chi connectivity index (χ2n) is 7.15. The zero-order valence-corrected chi connectivity index (χ0v) is 16.2. The molecule has 0 saturated carbocycles. The summed E-state index contributed by atoms with van der Waals surface area (Å²) in [7, 11) is -3.41. The average Bonchev–Trinajstić information content (AvgIpc) is 3.23. The van der Waals surface area contributed by atoms with E-state index >= 15 is 0 Å². The SMILES string of the molecule is CC1Oc2ccccc2OC1C(=O)N1CCN(S(=O)(=O)N2CCCC2)CC1. The molecule has 2 fully saturated rings. The van der Waals surface area contributed by atoms with E-state index in [9.17, 15) is 13.2 Å². The first-order chi connectivity index (χ1) is 13.0. The number of amides is 1. The molecule has 0 aliphatic carbocycles. The fraction of sp³-hybridized carbons (Fsp3) is 0.611. The van der Waals surface area contributed by atoms with E-state index in [1.807, 2.05) is 25.1 Å². The lowest BCUT2D eigenvalue weighted by molar-refractivity contribution is -0.145. The van der Waals surface area contributed by atoms with Gasteiger partial charge in [0.1, 0.15) is 6.10 Å². The molecule has 2 atom stereocenters. The molecule has 0 radical (unpaired) electrons. The third kappa shape index (κ3) is 3.51. The van der Waals surface area contributed by atoms with E-state index in [-0.39, 0.29) is 5.91 Å². The van der Waals surface area contributed by atoms with E-state index in [0.717, 1.165) is 12.8 Å². The van der Waals surface area contributed by atoms with Crippen LogP contribution in [0.2, 0.25) is 0 Å². The minimum atomic E-state index is -3.41. The predicted octanol–water partition coefficient (Wildman–Crippen LogP) is 0.700. The van der Waals surface area contributed by atoms with Gasteiger partial charge in [0.05, 0.1) is 0 Å². The van der Waals surface area contributed by atoms with Gasteiger partial charge in [0, 0.05) is 39.3 Å². The number of fused-ring (bicyclic) bond motifs is 1. The molecule has 3 heterocycles. The molecule has 3 aliphatic rings. The van der Waals surface area contributed by atoms with Crippen LogP contribution in [0.3, 0.4) is 0 Å². The second kappa shape index (κ2) is 7.29. The maximum absolute atomic E-state index is 12.9. The van der Waals surface area contributed by atoms with Gasteiger partial charge in [-0.15, -0.1) is 0 Å². The number of benzene rings is 1. The van der Waals surface area contributed by atoms with Crippen LogP contribution in [-0.4, -0.2) is 79.3 Å². The lowest BCUT2D eigenvalue weighted by Gasteiger charge is -2.39. The maximum Gasteiger partial charge on any atom is 0.282 e. The summed E-state index contributed by atoms with van der Waals surface area (Å²) in [4.78, 5) is 14.6. The van der Waals surface area contributed by atoms with E-state index in [1.54, 1.807) is 15.3 Å². The number of para-hydroxylation sites is 2. The van der Waals surface area contributed by atoms with Crippen molar-refractivity contribution in [2.75, 3.05) is 39.3 Å². The highest BCUT2D eigenvalue weighted by atomic mass is 32.2. The van der Waals surface area contributed by atoms with Crippen LogP contribution in [0, 0.1) is 0 Å². The van der Waals surface area contributed by atoms with Crippen molar-refractivity contribution in [2.45, 2.75) is 32.0 Å². The van der Waals surface area contributed by atoms with E-state index < -0.39 is 22.4 Å². The van der Waals surface area contributed by atoms with E-state index in [4.69, 9.17) is 9.47 Å². The number of piperazine rings is 1. The van der Waals surface area contributed by atoms with Crippen molar-refractivity contribution in [2.24, 2.45) is 0 Å². The molecule has 1 amide bonds. The van der Waals surface area contributed by atoms with Crippen LogP contribution in [0.5, 0.6) is 11.5 Å². The van der Waals surface area contributed by atoms with Crippen molar-refractivity contribution in [1.82, 2.24) is 13.5 Å². The second-order valence-corrected chi connectivity index (χ2v) is 9.07. The van der Waals surface area contributed by atoms with Gasteiger partial charge in [0.25, 0.3) is 16.1 Å². The highest BCUT2D eigenvalue weighted by Gasteiger charge is 2.40. The molecule has 9 heteroatoms. The monoisotopic (exact) mass is 395 g/mol. The highest BCUT2D eigenvalue weighted by Crippen LogP contribution is 2.34. The number of carbonyl (C=O) groups excluding carboxylic acids is 1. The summed E-state index contributed by atoms with van der Waals surface area (Å²) in [5.74, 6) is 1.04. The van der Waals surface area contributed by atoms with Gasteiger partial charge in [-0.1, -0.05) is 12.1 Å². The first kappa shape index (κ1) is 18.5. The van der Waals surface area contributed by atoms with Crippen molar-refractivity contribution < 1.29 is 22.7 Å². The molecule has 0 aromatic heterocycles. The minimum Gasteiger partial charge on any atom is -0.482 e. The van der Waals surface area contributed by atoms with Gasteiger partial charge >= 0.3 is 0 Å². The van der Waals surface area contributed by atoms with Crippen LogP contribution in [0.15, 0.2) is 24.3 Å². The Hall–Kier alpha value is -1.84. The smallest absolute Gasteiger partial charge is 0.282 e. The van der Waals surface area contributed by atoms with Gasteiger partial charge in [-0.25, -0.2) is 0 Å². The molecule has 8 nitrogen and oxygen atoms in total. The molecule has 4 rings (SSSR count). The Morgan fingerprint density at radius 2 is 1.48 bits per heavy atom. The third-order valence-electron chi connectivity index (χ3n) is 5.35. The van der Waals surface area contributed by atoms with Gasteiger partial charge in [0.2, 0.25) is 6.10 Å². The number of hydrogen-bond acceptors (Lipinski definition) is 5. The molecule has 2 unspecified atom stereocenters. The Kier molecular flexibility index (Phi) is 5.00. The summed E-state index contributed by atoms with van der Waals surface area (Å²) in [6, 6.07) is 7.29. The van der Waals surface area contributed by atoms with Crippen molar-refractivity contribution in [3.8, 4) is 11.5 Å². The summed E-state index contributed by atoms with van der Waals surface area (Å²) >= 11 is 0. The third-order valence-corrected chi connectivity index (χ3v) is 7.39. The quantitative estimate of drug-likeness (QED) is 0.753. The van der Waals surface area contributed by atoms with Crippen LogP contribution >= 0.6 is 0 Å². The van der Waals surface area contributed by atoms with Crippen LogP contribution in [-0.2, 0) is 15.0 Å². The molecule has 1 aromatic rings. The molecule has 27 heavy (non-hydrogen) atoms. The van der Waals surface area contributed by atoms with Crippen molar-refractivity contribution in [1.29, 1.82) is 0 Å². The molecule has 0 N–H and O–H groups in total. The molecular weight excluding hydrogens is 370 g/mol. The Bertz CT molecular complexity index is 801. The van der Waals surface area contributed by atoms with Crippen molar-refractivity contribution in [3.05, 3.63) is 24.3 Å². The number of rotatable bonds is 3. The number of carbonyl (C=O) groups is 1. The van der Waals surface area contributed by atoms with Gasteiger partial charge in [-0.2, -0.15) is 17.0 Å². The topological polar surface area (TPSA) is 79.4 Å². The first-order valence-corrected chi connectivity index (χ1v) is 10.8. The standard InChI is InChI=1S/C18H25N3O5S/c1-14-17(26-16-7-3-2-6-15(16)25-14)18(22)19-10-12-21(13-11-19)27(23,24)20-8-4-5-9-20/h2-3,6-7,14,17H,4-5,8-13H2,1H3. The Labute approximate surface area is 159 Å².